The third-order valence-electron chi connectivity index (χ3n) is 7.17. The number of aliphatic hydroxyl groups is 1. The Bertz CT molecular complexity index is 1830. The Balaban J connectivity index is 1.57. The molecular weight excluding hydrogens is 529 g/mol. The number of nitrogens with zero attached hydrogens (tertiary/aromatic N) is 2. The number of hydrogen-bond acceptors (Lipinski definition) is 3. The number of para-hydroxylation sites is 2. The van der Waals surface area contributed by atoms with Crippen molar-refractivity contribution in [2.75, 3.05) is 6.61 Å². The number of ether oxygens (including phenoxy) is 1. The van der Waals surface area contributed by atoms with Crippen LogP contribution >= 0.6 is 23.2 Å². The summed E-state index contributed by atoms with van der Waals surface area (Å²) < 4.78 is 8.15. The second-order valence-electron chi connectivity index (χ2n) is 9.61. The van der Waals surface area contributed by atoms with Gasteiger partial charge in [0.05, 0.1) is 23.7 Å². The summed E-state index contributed by atoms with van der Waals surface area (Å²) in [6.07, 6.45) is -1.34. The normalized spacial score (nSPS) is 16.9. The van der Waals surface area contributed by atoms with Gasteiger partial charge in [-0.3, -0.25) is 0 Å². The van der Waals surface area contributed by atoms with Crippen LogP contribution in [0.4, 0.5) is 0 Å². The van der Waals surface area contributed by atoms with Gasteiger partial charge in [0.15, 0.2) is 0 Å². The Kier molecular flexibility index (Phi) is 6.02. The lowest BCUT2D eigenvalue weighted by molar-refractivity contribution is -0.0160. The highest BCUT2D eigenvalue weighted by molar-refractivity contribution is 6.31. The Morgan fingerprint density at radius 1 is 0.846 bits per heavy atom. The molecule has 192 valence electrons. The molecule has 7 rings (SSSR count). The van der Waals surface area contributed by atoms with Gasteiger partial charge in [0.2, 0.25) is 0 Å². The maximum atomic E-state index is 11.3. The minimum atomic E-state index is -0.865. The van der Waals surface area contributed by atoms with E-state index in [2.05, 4.69) is 11.1 Å². The Morgan fingerprint density at radius 2 is 1.59 bits per heavy atom. The molecule has 2 atom stereocenters. The first-order valence-corrected chi connectivity index (χ1v) is 13.4. The molecular formula is C32H23Cl2N3O2. The summed E-state index contributed by atoms with van der Waals surface area (Å²) in [4.78, 5) is 3.63. The zero-order valence-electron chi connectivity index (χ0n) is 20.7. The van der Waals surface area contributed by atoms with E-state index in [1.165, 1.54) is 0 Å². The van der Waals surface area contributed by atoms with E-state index >= 15 is 0 Å². The Labute approximate surface area is 235 Å². The van der Waals surface area contributed by atoms with E-state index in [9.17, 15) is 5.11 Å². The monoisotopic (exact) mass is 551 g/mol. The summed E-state index contributed by atoms with van der Waals surface area (Å²) in [7, 11) is 0. The number of aliphatic hydroxyl groups excluding tert-OH is 1. The molecule has 0 saturated heterocycles. The largest absolute Gasteiger partial charge is 0.384 e. The van der Waals surface area contributed by atoms with Crippen LogP contribution in [0.1, 0.15) is 29.0 Å². The predicted octanol–water partition coefficient (Wildman–Crippen LogP) is 8.15. The number of rotatable bonds is 4. The number of nitrogens with one attached hydrogen (secondary N) is 1. The van der Waals surface area contributed by atoms with E-state index in [0.29, 0.717) is 21.4 Å². The first-order chi connectivity index (χ1) is 19.1. The van der Waals surface area contributed by atoms with E-state index in [0.717, 1.165) is 44.5 Å². The highest BCUT2D eigenvalue weighted by Crippen LogP contribution is 2.47. The van der Waals surface area contributed by atoms with Crippen molar-refractivity contribution in [3.05, 3.63) is 130 Å². The van der Waals surface area contributed by atoms with Gasteiger partial charge in [-0.1, -0.05) is 83.9 Å². The van der Waals surface area contributed by atoms with Gasteiger partial charge in [0.25, 0.3) is 0 Å². The Hall–Kier alpha value is -3.87. The number of benzene rings is 4. The molecule has 5 nitrogen and oxygen atoms in total. The summed E-state index contributed by atoms with van der Waals surface area (Å²) in [6.45, 7) is 0.135. The molecule has 0 aliphatic carbocycles. The lowest BCUT2D eigenvalue weighted by Crippen LogP contribution is -2.23. The molecule has 0 unspecified atom stereocenters. The molecule has 0 spiro atoms. The fourth-order valence-electron chi connectivity index (χ4n) is 5.52. The number of aromatic amines is 1. The minimum absolute atomic E-state index is 0.135. The average molecular weight is 552 g/mol. The van der Waals surface area contributed by atoms with Crippen molar-refractivity contribution in [1.82, 2.24) is 14.8 Å². The SMILES string of the molecule is O[C@@H]1CO[C@H](c2cccc(Cl)c2)c2c(-c3[nH]c4ccccc4c3-c3cccc(Cl)c3)nn(-c3ccccc3)c21. The highest BCUT2D eigenvalue weighted by atomic mass is 35.5. The molecule has 6 aromatic rings. The number of aromatic nitrogens is 3. The van der Waals surface area contributed by atoms with Crippen LogP contribution in [0.5, 0.6) is 0 Å². The first kappa shape index (κ1) is 24.2. The predicted molar refractivity (Wildman–Crippen MR) is 156 cm³/mol. The molecule has 39 heavy (non-hydrogen) atoms. The number of fused-ring (bicyclic) bond motifs is 2. The van der Waals surface area contributed by atoms with Crippen LogP contribution in [0.15, 0.2) is 103 Å². The average Bonchev–Trinajstić information content (AvgIpc) is 3.54. The van der Waals surface area contributed by atoms with Gasteiger partial charge in [-0.15, -0.1) is 0 Å². The summed E-state index contributed by atoms with van der Waals surface area (Å²) in [5, 5.41) is 18.8. The van der Waals surface area contributed by atoms with E-state index in [1.807, 2.05) is 102 Å². The van der Waals surface area contributed by atoms with Crippen LogP contribution < -0.4 is 0 Å². The van der Waals surface area contributed by atoms with Crippen LogP contribution in [-0.4, -0.2) is 26.5 Å². The van der Waals surface area contributed by atoms with Gasteiger partial charge in [-0.05, 0) is 53.6 Å². The van der Waals surface area contributed by atoms with Crippen LogP contribution in [-0.2, 0) is 4.74 Å². The van der Waals surface area contributed by atoms with Gasteiger partial charge in [-0.25, -0.2) is 4.68 Å². The molecule has 4 aromatic carbocycles. The lowest BCUT2D eigenvalue weighted by atomic mass is 9.91. The fraction of sp³-hybridized carbons (Fsp3) is 0.0938. The molecule has 1 aliphatic heterocycles. The van der Waals surface area contributed by atoms with E-state index in [1.54, 1.807) is 0 Å². The number of hydrogen-bond donors (Lipinski definition) is 2. The number of halogens is 2. The zero-order chi connectivity index (χ0) is 26.5. The van der Waals surface area contributed by atoms with Gasteiger partial charge < -0.3 is 14.8 Å². The van der Waals surface area contributed by atoms with E-state index in [-0.39, 0.29) is 6.61 Å². The summed E-state index contributed by atoms with van der Waals surface area (Å²) in [5.41, 5.74) is 7.70. The van der Waals surface area contributed by atoms with Crippen molar-refractivity contribution in [1.29, 1.82) is 0 Å². The van der Waals surface area contributed by atoms with Crippen molar-refractivity contribution in [3.8, 4) is 28.2 Å². The summed E-state index contributed by atoms with van der Waals surface area (Å²) in [5.74, 6) is 0. The third-order valence-corrected chi connectivity index (χ3v) is 7.64. The summed E-state index contributed by atoms with van der Waals surface area (Å²) >= 11 is 12.9. The first-order valence-electron chi connectivity index (χ1n) is 12.7. The van der Waals surface area contributed by atoms with Gasteiger partial charge in [0, 0.05) is 32.1 Å². The van der Waals surface area contributed by atoms with Crippen LogP contribution in [0.2, 0.25) is 10.0 Å². The quantitative estimate of drug-likeness (QED) is 0.232. The molecule has 1 aliphatic rings. The number of H-pyrrole nitrogens is 1. The third kappa shape index (κ3) is 4.15. The van der Waals surface area contributed by atoms with Crippen LogP contribution in [0.25, 0.3) is 39.1 Å². The molecule has 2 aromatic heterocycles. The van der Waals surface area contributed by atoms with Crippen molar-refractivity contribution in [3.63, 3.8) is 0 Å². The van der Waals surface area contributed by atoms with Crippen molar-refractivity contribution in [2.45, 2.75) is 12.2 Å². The lowest BCUT2D eigenvalue weighted by Gasteiger charge is -2.28. The second kappa shape index (κ2) is 9.70. The zero-order valence-corrected chi connectivity index (χ0v) is 22.2. The Morgan fingerprint density at radius 3 is 2.38 bits per heavy atom. The smallest absolute Gasteiger partial charge is 0.120 e. The van der Waals surface area contributed by atoms with Crippen molar-refractivity contribution < 1.29 is 9.84 Å². The summed E-state index contributed by atoms with van der Waals surface area (Å²) in [6, 6.07) is 33.5. The fourth-order valence-corrected chi connectivity index (χ4v) is 5.91. The molecule has 7 heteroatoms. The standard InChI is InChI=1S/C32H23Cl2N3O2/c33-21-10-6-8-19(16-21)27-24-14-4-5-15-25(24)35-29(27)30-28-31(37(36-30)23-12-2-1-3-13-23)26(38)18-39-32(28)20-9-7-11-22(34)17-20/h1-17,26,32,35,38H,18H2/t26-,32-/m1/s1. The molecule has 3 heterocycles. The maximum Gasteiger partial charge on any atom is 0.120 e. The van der Waals surface area contributed by atoms with Crippen molar-refractivity contribution >= 4 is 34.1 Å². The molecule has 2 N–H and O–H groups in total. The second-order valence-corrected chi connectivity index (χ2v) is 10.5. The van der Waals surface area contributed by atoms with Crippen LogP contribution in [0, 0.1) is 0 Å². The molecule has 0 bridgehead atoms. The van der Waals surface area contributed by atoms with E-state index < -0.39 is 12.2 Å². The van der Waals surface area contributed by atoms with Crippen LogP contribution in [0.3, 0.4) is 0 Å². The van der Waals surface area contributed by atoms with Gasteiger partial charge >= 0.3 is 0 Å². The van der Waals surface area contributed by atoms with Crippen molar-refractivity contribution in [2.24, 2.45) is 0 Å². The maximum absolute atomic E-state index is 11.3. The molecule has 0 fully saturated rings. The van der Waals surface area contributed by atoms with E-state index in [4.69, 9.17) is 33.0 Å². The molecule has 0 saturated carbocycles. The highest BCUT2D eigenvalue weighted by Gasteiger charge is 2.37. The topological polar surface area (TPSA) is 63.1 Å². The molecule has 0 radical (unpaired) electrons. The van der Waals surface area contributed by atoms with Gasteiger partial charge in [0.1, 0.15) is 17.9 Å². The minimum Gasteiger partial charge on any atom is -0.384 e. The van der Waals surface area contributed by atoms with Gasteiger partial charge in [-0.2, -0.15) is 5.10 Å². The molecule has 0 amide bonds.